The maximum absolute atomic E-state index is 12.0. The second kappa shape index (κ2) is 6.46. The summed E-state index contributed by atoms with van der Waals surface area (Å²) in [6.45, 7) is -0.535. The minimum absolute atomic E-state index is 0.0237. The molecule has 0 spiro atoms. The van der Waals surface area contributed by atoms with Gasteiger partial charge < -0.3 is 9.64 Å². The molecule has 0 atom stereocenters. The normalized spacial score (nSPS) is 12.8. The Hall–Kier alpha value is -1.02. The lowest BCUT2D eigenvalue weighted by molar-refractivity contribution is -0.136. The van der Waals surface area contributed by atoms with E-state index in [0.29, 0.717) is 6.61 Å². The quantitative estimate of drug-likeness (QED) is 0.233. The zero-order valence-electron chi connectivity index (χ0n) is 8.64. The van der Waals surface area contributed by atoms with Gasteiger partial charge in [-0.2, -0.15) is 13.2 Å². The highest BCUT2D eigenvalue weighted by Crippen LogP contribution is 2.15. The van der Waals surface area contributed by atoms with Gasteiger partial charge in [-0.15, -0.1) is 0 Å². The van der Waals surface area contributed by atoms with Crippen LogP contribution >= 0.6 is 0 Å². The number of rotatable bonds is 4. The predicted molar refractivity (Wildman–Crippen MR) is 50.2 cm³/mol. The molecule has 0 aromatic heterocycles. The van der Waals surface area contributed by atoms with E-state index in [9.17, 15) is 13.2 Å². The number of hydrazine groups is 1. The second-order valence-electron chi connectivity index (χ2n) is 2.81. The molecule has 0 aromatic rings. The van der Waals surface area contributed by atoms with Gasteiger partial charge in [-0.05, 0) is 0 Å². The van der Waals surface area contributed by atoms with E-state index in [1.54, 1.807) is 0 Å². The summed E-state index contributed by atoms with van der Waals surface area (Å²) in [6.07, 6.45) is -4.28. The van der Waals surface area contributed by atoms with Crippen LogP contribution in [0.4, 0.5) is 13.2 Å². The molecule has 90 valence electrons. The van der Waals surface area contributed by atoms with Crippen LogP contribution in [-0.2, 0) is 4.74 Å². The molecule has 0 aromatic carbocycles. The molecule has 3 N–H and O–H groups in total. The van der Waals surface area contributed by atoms with Crippen LogP contribution < -0.4 is 11.3 Å². The predicted octanol–water partition coefficient (Wildman–Crippen LogP) is -0.0538. The highest BCUT2D eigenvalue weighted by Gasteiger charge is 2.30. The third kappa shape index (κ3) is 6.97. The summed E-state index contributed by atoms with van der Waals surface area (Å²) in [4.78, 5) is 4.68. The number of hydrogen-bond acceptors (Lipinski definition) is 3. The molecule has 0 radical (unpaired) electrons. The topological polar surface area (TPSA) is 62.9 Å². The van der Waals surface area contributed by atoms with E-state index >= 15 is 0 Å². The molecule has 0 aliphatic heterocycles. The van der Waals surface area contributed by atoms with Crippen molar-refractivity contribution in [2.45, 2.75) is 6.18 Å². The molecule has 0 fully saturated rings. The fourth-order valence-corrected chi connectivity index (χ4v) is 0.863. The van der Waals surface area contributed by atoms with Crippen molar-refractivity contribution in [2.24, 2.45) is 10.8 Å². The lowest BCUT2D eigenvalue weighted by atomic mass is 10.5. The van der Waals surface area contributed by atoms with Crippen molar-refractivity contribution in [1.29, 1.82) is 0 Å². The third-order valence-corrected chi connectivity index (χ3v) is 1.46. The number of nitrogens with two attached hydrogens (primary N) is 1. The Kier molecular flexibility index (Phi) is 6.02. The molecule has 0 aliphatic rings. The number of halogens is 3. The van der Waals surface area contributed by atoms with Crippen LogP contribution in [0.2, 0.25) is 0 Å². The van der Waals surface area contributed by atoms with Gasteiger partial charge in [0.05, 0.1) is 13.2 Å². The Bertz CT molecular complexity index is 207. The number of ether oxygens (including phenoxy) is 1. The van der Waals surface area contributed by atoms with E-state index in [0.717, 1.165) is 4.90 Å². The van der Waals surface area contributed by atoms with E-state index in [1.807, 2.05) is 0 Å². The van der Waals surface area contributed by atoms with Crippen molar-refractivity contribution in [3.05, 3.63) is 0 Å². The standard InChI is InChI=1S/C7H15F3N4O/c1-14(5-7(8,9)10)6(13-11)12-3-4-15-2/h3-5,11H2,1-2H3,(H,12,13). The zero-order chi connectivity index (χ0) is 11.9. The SMILES string of the molecule is COCCN=C(NN)N(C)CC(F)(F)F. The summed E-state index contributed by atoms with van der Waals surface area (Å²) in [5, 5.41) is 0. The van der Waals surface area contributed by atoms with Crippen LogP contribution in [0.5, 0.6) is 0 Å². The Morgan fingerprint density at radius 2 is 2.13 bits per heavy atom. The minimum Gasteiger partial charge on any atom is -0.383 e. The monoisotopic (exact) mass is 228 g/mol. The number of methoxy groups -OCH3 is 1. The molecule has 5 nitrogen and oxygen atoms in total. The second-order valence-corrected chi connectivity index (χ2v) is 2.81. The number of nitrogens with one attached hydrogen (secondary N) is 1. The minimum atomic E-state index is -4.28. The van der Waals surface area contributed by atoms with Crippen LogP contribution in [0.3, 0.4) is 0 Å². The first-order valence-corrected chi connectivity index (χ1v) is 4.18. The van der Waals surface area contributed by atoms with Gasteiger partial charge in [0.25, 0.3) is 0 Å². The van der Waals surface area contributed by atoms with E-state index in [1.165, 1.54) is 14.2 Å². The first-order chi connectivity index (χ1) is 6.90. The molecule has 8 heteroatoms. The molecule has 0 bridgehead atoms. The van der Waals surface area contributed by atoms with Crippen LogP contribution in [0, 0.1) is 0 Å². The van der Waals surface area contributed by atoms with Crippen LogP contribution in [0.25, 0.3) is 0 Å². The van der Waals surface area contributed by atoms with Gasteiger partial charge >= 0.3 is 6.18 Å². The van der Waals surface area contributed by atoms with Gasteiger partial charge in [0, 0.05) is 14.2 Å². The Morgan fingerprint density at radius 1 is 1.53 bits per heavy atom. The van der Waals surface area contributed by atoms with Crippen LogP contribution in [0.1, 0.15) is 0 Å². The van der Waals surface area contributed by atoms with E-state index in [-0.39, 0.29) is 12.5 Å². The highest BCUT2D eigenvalue weighted by molar-refractivity contribution is 5.79. The summed E-state index contributed by atoms with van der Waals surface area (Å²) in [5.41, 5.74) is 2.10. The number of nitrogens with zero attached hydrogens (tertiary/aromatic N) is 2. The van der Waals surface area contributed by atoms with Crippen LogP contribution in [-0.4, -0.2) is 50.9 Å². The fraction of sp³-hybridized carbons (Fsp3) is 0.857. The number of guanidine groups is 1. The molecule has 0 aliphatic carbocycles. The molecule has 15 heavy (non-hydrogen) atoms. The molecule has 0 saturated carbocycles. The van der Waals surface area contributed by atoms with Crippen LogP contribution in [0.15, 0.2) is 4.99 Å². The van der Waals surface area contributed by atoms with Gasteiger partial charge in [0.15, 0.2) is 0 Å². The van der Waals surface area contributed by atoms with Gasteiger partial charge in [0.2, 0.25) is 5.96 Å². The number of hydrogen-bond donors (Lipinski definition) is 2. The summed E-state index contributed by atoms with van der Waals surface area (Å²) in [6, 6.07) is 0. The van der Waals surface area contributed by atoms with Gasteiger partial charge in [-0.25, -0.2) is 10.8 Å². The first-order valence-electron chi connectivity index (χ1n) is 4.18. The summed E-state index contributed by atoms with van der Waals surface area (Å²) < 4.78 is 40.7. The van der Waals surface area contributed by atoms with Crippen molar-refractivity contribution < 1.29 is 17.9 Å². The molecular formula is C7H15F3N4O. The van der Waals surface area contributed by atoms with Crippen molar-refractivity contribution in [3.8, 4) is 0 Å². The van der Waals surface area contributed by atoms with E-state index in [4.69, 9.17) is 10.6 Å². The molecule has 0 saturated heterocycles. The summed E-state index contributed by atoms with van der Waals surface area (Å²) in [7, 11) is 2.73. The van der Waals surface area contributed by atoms with E-state index in [2.05, 4.69) is 10.4 Å². The van der Waals surface area contributed by atoms with E-state index < -0.39 is 12.7 Å². The third-order valence-electron chi connectivity index (χ3n) is 1.46. The number of aliphatic imine (C=N–C) groups is 1. The summed E-state index contributed by atoms with van der Waals surface area (Å²) >= 11 is 0. The molecule has 0 rings (SSSR count). The Labute approximate surface area is 86.1 Å². The lowest BCUT2D eigenvalue weighted by Gasteiger charge is -2.21. The van der Waals surface area contributed by atoms with Crippen molar-refractivity contribution in [3.63, 3.8) is 0 Å². The smallest absolute Gasteiger partial charge is 0.383 e. The van der Waals surface area contributed by atoms with Crippen molar-refractivity contribution in [2.75, 3.05) is 33.9 Å². The lowest BCUT2D eigenvalue weighted by Crippen LogP contribution is -2.46. The largest absolute Gasteiger partial charge is 0.406 e. The average Bonchev–Trinajstić information content (AvgIpc) is 2.09. The van der Waals surface area contributed by atoms with Crippen molar-refractivity contribution in [1.82, 2.24) is 10.3 Å². The Morgan fingerprint density at radius 3 is 2.53 bits per heavy atom. The van der Waals surface area contributed by atoms with Crippen molar-refractivity contribution >= 4 is 5.96 Å². The molecular weight excluding hydrogens is 213 g/mol. The first kappa shape index (κ1) is 14.0. The van der Waals surface area contributed by atoms with Gasteiger partial charge in [-0.3, -0.25) is 5.43 Å². The average molecular weight is 228 g/mol. The maximum Gasteiger partial charge on any atom is 0.406 e. The highest BCUT2D eigenvalue weighted by atomic mass is 19.4. The number of alkyl halides is 3. The van der Waals surface area contributed by atoms with Gasteiger partial charge in [-0.1, -0.05) is 0 Å². The Balaban J connectivity index is 4.21. The maximum atomic E-state index is 12.0. The molecule has 0 unspecified atom stereocenters. The van der Waals surface area contributed by atoms with Gasteiger partial charge in [0.1, 0.15) is 6.54 Å². The molecule has 0 amide bonds. The molecule has 0 heterocycles. The fourth-order valence-electron chi connectivity index (χ4n) is 0.863. The zero-order valence-corrected chi connectivity index (χ0v) is 8.64. The summed E-state index contributed by atoms with van der Waals surface area (Å²) in [5.74, 6) is 5.02.